The van der Waals surface area contributed by atoms with Gasteiger partial charge in [-0.3, -0.25) is 0 Å². The second kappa shape index (κ2) is 9.87. The first-order chi connectivity index (χ1) is 19.8. The molecule has 0 spiro atoms. The van der Waals surface area contributed by atoms with E-state index in [1.165, 1.54) is 17.4 Å². The zero-order valence-corrected chi connectivity index (χ0v) is 23.5. The highest BCUT2D eigenvalue weighted by Crippen LogP contribution is 2.49. The molecular formula is C31H24ClFN2O5S. The number of aromatic nitrogens is 2. The Morgan fingerprint density at radius 1 is 1.17 bits per heavy atom. The van der Waals surface area contributed by atoms with Gasteiger partial charge in [0.2, 0.25) is 0 Å². The molecule has 1 unspecified atom stereocenters. The summed E-state index contributed by atoms with van der Waals surface area (Å²) in [4.78, 5) is 17.3. The van der Waals surface area contributed by atoms with E-state index < -0.39 is 17.6 Å². The summed E-state index contributed by atoms with van der Waals surface area (Å²) in [5, 5.41) is 9.74. The van der Waals surface area contributed by atoms with E-state index >= 15 is 0 Å². The van der Waals surface area contributed by atoms with Crippen LogP contribution in [0.2, 0.25) is 5.02 Å². The van der Waals surface area contributed by atoms with Crippen LogP contribution in [0.25, 0.3) is 21.5 Å². The van der Waals surface area contributed by atoms with Crippen LogP contribution in [0.4, 0.5) is 4.39 Å². The predicted molar refractivity (Wildman–Crippen MR) is 154 cm³/mol. The number of carbonyl (C=O) groups is 1. The fourth-order valence-corrected chi connectivity index (χ4v) is 6.39. The van der Waals surface area contributed by atoms with E-state index in [0.29, 0.717) is 34.3 Å². The van der Waals surface area contributed by atoms with Gasteiger partial charge in [-0.2, -0.15) is 0 Å². The number of aromatic carboxylic acids is 1. The van der Waals surface area contributed by atoms with Gasteiger partial charge in [-0.1, -0.05) is 48.0 Å². The number of carboxylic acids is 1. The van der Waals surface area contributed by atoms with Crippen LogP contribution < -0.4 is 9.47 Å². The quantitative estimate of drug-likeness (QED) is 0.214. The van der Waals surface area contributed by atoms with Gasteiger partial charge in [-0.05, 0) is 47.9 Å². The minimum Gasteiger partial charge on any atom is -0.477 e. The summed E-state index contributed by atoms with van der Waals surface area (Å²) in [7, 11) is 0. The van der Waals surface area contributed by atoms with Crippen molar-refractivity contribution in [2.24, 2.45) is 0 Å². The van der Waals surface area contributed by atoms with E-state index in [-0.39, 0.29) is 16.5 Å². The molecule has 0 radical (unpaired) electrons. The first-order valence-corrected chi connectivity index (χ1v) is 14.4. The van der Waals surface area contributed by atoms with Crippen LogP contribution in [0.1, 0.15) is 40.0 Å². The fraction of sp³-hybridized carbons (Fsp3) is 0.226. The maximum Gasteiger partial charge on any atom is 0.346 e. The highest BCUT2D eigenvalue weighted by Gasteiger charge is 2.42. The number of carboxylic acid groups (broad SMARTS) is 1. The van der Waals surface area contributed by atoms with Crippen LogP contribution in [0.3, 0.4) is 0 Å². The largest absolute Gasteiger partial charge is 0.477 e. The number of nitrogens with zero attached hydrogens (tertiary/aromatic N) is 2. The van der Waals surface area contributed by atoms with Crippen LogP contribution in [0.5, 0.6) is 11.5 Å². The molecule has 2 atom stereocenters. The molecule has 1 saturated heterocycles. The van der Waals surface area contributed by atoms with E-state index in [1.54, 1.807) is 31.2 Å². The Morgan fingerprint density at radius 2 is 1.98 bits per heavy atom. The molecule has 0 bridgehead atoms. The molecule has 0 saturated carbocycles. The molecule has 2 aliphatic heterocycles. The number of thiophene rings is 1. The first-order valence-electron chi connectivity index (χ1n) is 13.2. The molecule has 208 valence electrons. The van der Waals surface area contributed by atoms with Crippen molar-refractivity contribution in [2.75, 3.05) is 6.61 Å². The van der Waals surface area contributed by atoms with Crippen LogP contribution in [-0.2, 0) is 23.5 Å². The van der Waals surface area contributed by atoms with E-state index in [2.05, 4.69) is 4.57 Å². The van der Waals surface area contributed by atoms with Gasteiger partial charge in [-0.15, -0.1) is 11.3 Å². The number of para-hydroxylation sites is 1. The zero-order valence-electron chi connectivity index (χ0n) is 21.9. The third-order valence-corrected chi connectivity index (χ3v) is 8.79. The van der Waals surface area contributed by atoms with Crippen LogP contribution >= 0.6 is 22.9 Å². The van der Waals surface area contributed by atoms with Crippen molar-refractivity contribution in [1.29, 1.82) is 0 Å². The van der Waals surface area contributed by atoms with E-state index in [9.17, 15) is 14.3 Å². The van der Waals surface area contributed by atoms with Crippen LogP contribution in [0, 0.1) is 5.82 Å². The van der Waals surface area contributed by atoms with E-state index in [0.717, 1.165) is 41.1 Å². The number of imidazole rings is 1. The van der Waals surface area contributed by atoms with Crippen LogP contribution in [0.15, 0.2) is 66.7 Å². The molecular weight excluding hydrogens is 567 g/mol. The van der Waals surface area contributed by atoms with Crippen molar-refractivity contribution in [3.8, 4) is 22.6 Å². The fourth-order valence-electron chi connectivity index (χ4n) is 5.34. The first kappa shape index (κ1) is 26.0. The SMILES string of the molecule is C[C@]1(c2ccc(Cl)cc2F)Oc2cccc(-c3ccc(Cc4nc5sc(C(=O)O)cc5n4CC4CCO4)cc3)c2O1. The van der Waals surface area contributed by atoms with Crippen molar-refractivity contribution in [1.82, 2.24) is 9.55 Å². The molecule has 0 amide bonds. The van der Waals surface area contributed by atoms with Crippen molar-refractivity contribution in [2.45, 2.75) is 38.2 Å². The van der Waals surface area contributed by atoms with E-state index in [4.69, 9.17) is 30.8 Å². The lowest BCUT2D eigenvalue weighted by molar-refractivity contribution is -0.0705. The van der Waals surface area contributed by atoms with Gasteiger partial charge >= 0.3 is 5.97 Å². The lowest BCUT2D eigenvalue weighted by Gasteiger charge is -2.27. The Labute approximate surface area is 243 Å². The van der Waals surface area contributed by atoms with Crippen molar-refractivity contribution in [3.05, 3.63) is 99.4 Å². The molecule has 5 aromatic rings. The maximum absolute atomic E-state index is 14.8. The van der Waals surface area contributed by atoms with Crippen molar-refractivity contribution >= 4 is 39.3 Å². The minimum absolute atomic E-state index is 0.108. The molecule has 7 rings (SSSR count). The second-order valence-electron chi connectivity index (χ2n) is 10.3. The minimum atomic E-state index is -1.33. The Morgan fingerprint density at radius 3 is 2.68 bits per heavy atom. The van der Waals surface area contributed by atoms with E-state index in [1.807, 2.05) is 36.4 Å². The number of benzene rings is 3. The molecule has 2 aliphatic rings. The molecule has 0 aliphatic carbocycles. The molecule has 4 heterocycles. The summed E-state index contributed by atoms with van der Waals surface area (Å²) in [6, 6.07) is 19.9. The molecule has 2 aromatic heterocycles. The molecule has 10 heteroatoms. The summed E-state index contributed by atoms with van der Waals surface area (Å²) in [6.07, 6.45) is 1.66. The van der Waals surface area contributed by atoms with Gasteiger partial charge in [0.05, 0.1) is 23.7 Å². The summed E-state index contributed by atoms with van der Waals surface area (Å²) < 4.78 is 34.9. The topological polar surface area (TPSA) is 82.8 Å². The summed E-state index contributed by atoms with van der Waals surface area (Å²) in [6.45, 7) is 3.07. The van der Waals surface area contributed by atoms with Crippen LogP contribution in [-0.4, -0.2) is 33.3 Å². The predicted octanol–water partition coefficient (Wildman–Crippen LogP) is 7.28. The molecule has 1 N–H and O–H groups in total. The molecule has 41 heavy (non-hydrogen) atoms. The normalized spacial score (nSPS) is 19.4. The highest BCUT2D eigenvalue weighted by atomic mass is 35.5. The third kappa shape index (κ3) is 4.64. The summed E-state index contributed by atoms with van der Waals surface area (Å²) in [5.41, 5.74) is 3.90. The monoisotopic (exact) mass is 590 g/mol. The Balaban J connectivity index is 1.16. The van der Waals surface area contributed by atoms with Gasteiger partial charge in [0.15, 0.2) is 11.5 Å². The number of ether oxygens (including phenoxy) is 3. The van der Waals surface area contributed by atoms with Gasteiger partial charge < -0.3 is 23.9 Å². The Bertz CT molecular complexity index is 1810. The third-order valence-electron chi connectivity index (χ3n) is 7.54. The lowest BCUT2D eigenvalue weighted by Crippen LogP contribution is -2.32. The van der Waals surface area contributed by atoms with Gasteiger partial charge in [-0.25, -0.2) is 14.2 Å². The number of rotatable bonds is 7. The number of halogens is 2. The Kier molecular flexibility index (Phi) is 6.26. The highest BCUT2D eigenvalue weighted by molar-refractivity contribution is 7.20. The standard InChI is InChI=1S/C31H24ClFN2O5S/c1-31(22-10-9-19(32)14-23(22)33)39-25-4-2-3-21(28(25)40-31)18-7-5-17(6-8-18)13-27-34-29-24(15-26(41-29)30(36)37)35(27)16-20-11-12-38-20/h2-10,14-15,20H,11-13,16H2,1H3,(H,36,37)/t20?,31-/m0/s1. The summed E-state index contributed by atoms with van der Waals surface area (Å²) >= 11 is 7.13. The smallest absolute Gasteiger partial charge is 0.346 e. The Hall–Kier alpha value is -3.92. The van der Waals surface area contributed by atoms with Gasteiger partial charge in [0, 0.05) is 30.5 Å². The average Bonchev–Trinajstić information content (AvgIpc) is 3.57. The lowest BCUT2D eigenvalue weighted by atomic mass is 10.0. The number of hydrogen-bond acceptors (Lipinski definition) is 6. The molecule has 7 nitrogen and oxygen atoms in total. The number of hydrogen-bond donors (Lipinski definition) is 1. The molecule has 3 aromatic carbocycles. The van der Waals surface area contributed by atoms with Crippen molar-refractivity contribution < 1.29 is 28.5 Å². The zero-order chi connectivity index (χ0) is 28.3. The molecule has 1 fully saturated rings. The number of fused-ring (bicyclic) bond motifs is 2. The summed E-state index contributed by atoms with van der Waals surface area (Å²) in [5.74, 6) is -0.838. The van der Waals surface area contributed by atoms with Gasteiger partial charge in [0.25, 0.3) is 5.79 Å². The second-order valence-corrected chi connectivity index (χ2v) is 11.8. The van der Waals surface area contributed by atoms with Gasteiger partial charge in [0.1, 0.15) is 21.3 Å². The van der Waals surface area contributed by atoms with Crippen molar-refractivity contribution in [3.63, 3.8) is 0 Å². The average molecular weight is 591 g/mol. The maximum atomic E-state index is 14.8.